The van der Waals surface area contributed by atoms with Crippen molar-refractivity contribution in [3.63, 3.8) is 0 Å². The van der Waals surface area contributed by atoms with Gasteiger partial charge in [0.05, 0.1) is 28.3 Å². The number of benzene rings is 3. The topological polar surface area (TPSA) is 42.2 Å². The molecule has 0 heterocycles. The average Bonchev–Trinajstić information content (AvgIpc) is 2.80. The maximum atomic E-state index is 14.2. The summed E-state index contributed by atoms with van der Waals surface area (Å²) in [4.78, 5) is 0. The highest BCUT2D eigenvalue weighted by atomic mass is 35.5. The predicted molar refractivity (Wildman–Crippen MR) is 132 cm³/mol. The van der Waals surface area contributed by atoms with Gasteiger partial charge in [0, 0.05) is 11.1 Å². The van der Waals surface area contributed by atoms with Gasteiger partial charge in [-0.25, -0.2) is 4.39 Å². The molecule has 6 heteroatoms. The van der Waals surface area contributed by atoms with Crippen molar-refractivity contribution >= 4 is 34.9 Å². The third-order valence-corrected chi connectivity index (χ3v) is 5.52. The lowest BCUT2D eigenvalue weighted by molar-refractivity contribution is 0.267. The van der Waals surface area contributed by atoms with E-state index >= 15 is 0 Å². The van der Waals surface area contributed by atoms with E-state index in [1.54, 1.807) is 48.6 Å². The van der Waals surface area contributed by atoms with Gasteiger partial charge in [-0.15, -0.1) is 6.58 Å². The van der Waals surface area contributed by atoms with E-state index in [0.717, 1.165) is 11.1 Å². The fraction of sp³-hybridized carbons (Fsp3) is 0.148. The Morgan fingerprint density at radius 3 is 2.55 bits per heavy atom. The Morgan fingerprint density at radius 1 is 1.09 bits per heavy atom. The van der Waals surface area contributed by atoms with Crippen molar-refractivity contribution in [2.45, 2.75) is 20.0 Å². The van der Waals surface area contributed by atoms with Gasteiger partial charge in [0.2, 0.25) is 0 Å². The summed E-state index contributed by atoms with van der Waals surface area (Å²) in [5.41, 5.74) is 2.82. The van der Waals surface area contributed by atoms with Crippen LogP contribution in [0, 0.1) is 17.1 Å². The number of rotatable bonds is 9. The summed E-state index contributed by atoms with van der Waals surface area (Å²) >= 11 is 12.1. The molecule has 0 saturated carbocycles. The molecule has 0 aliphatic heterocycles. The Hall–Kier alpha value is -3.26. The summed E-state index contributed by atoms with van der Waals surface area (Å²) in [7, 11) is 0. The van der Waals surface area contributed by atoms with Crippen molar-refractivity contribution in [2.75, 3.05) is 6.61 Å². The average molecular weight is 482 g/mol. The first kappa shape index (κ1) is 24.4. The third kappa shape index (κ3) is 6.16. The molecule has 0 fully saturated rings. The Balaban J connectivity index is 2.02. The third-order valence-electron chi connectivity index (χ3n) is 4.78. The molecule has 33 heavy (non-hydrogen) atoms. The molecule has 0 aromatic heterocycles. The molecular weight excluding hydrogens is 460 g/mol. The van der Waals surface area contributed by atoms with Crippen LogP contribution in [0.3, 0.4) is 0 Å². The molecule has 0 radical (unpaired) electrons. The van der Waals surface area contributed by atoms with Crippen molar-refractivity contribution in [1.29, 1.82) is 5.26 Å². The number of allylic oxidation sites excluding steroid dienone is 2. The van der Waals surface area contributed by atoms with Crippen LogP contribution in [0.25, 0.3) is 11.6 Å². The van der Waals surface area contributed by atoms with E-state index in [1.165, 1.54) is 6.07 Å². The second-order valence-electron chi connectivity index (χ2n) is 7.12. The Kier molecular flexibility index (Phi) is 8.54. The van der Waals surface area contributed by atoms with E-state index in [4.69, 9.17) is 32.7 Å². The normalized spacial score (nSPS) is 11.1. The summed E-state index contributed by atoms with van der Waals surface area (Å²) in [6, 6.07) is 17.2. The van der Waals surface area contributed by atoms with Crippen molar-refractivity contribution < 1.29 is 13.9 Å². The van der Waals surface area contributed by atoms with Crippen LogP contribution in [0.4, 0.5) is 4.39 Å². The zero-order valence-electron chi connectivity index (χ0n) is 18.1. The van der Waals surface area contributed by atoms with Crippen molar-refractivity contribution in [1.82, 2.24) is 0 Å². The largest absolute Gasteiger partial charge is 0.490 e. The summed E-state index contributed by atoms with van der Waals surface area (Å²) in [6.45, 7) is 6.38. The summed E-state index contributed by atoms with van der Waals surface area (Å²) in [5, 5.41) is 10.6. The predicted octanol–water partition coefficient (Wildman–Crippen LogP) is 7.90. The Labute approximate surface area is 203 Å². The maximum Gasteiger partial charge on any atom is 0.165 e. The fourth-order valence-corrected chi connectivity index (χ4v) is 3.62. The van der Waals surface area contributed by atoms with E-state index in [-0.39, 0.29) is 17.7 Å². The quantitative estimate of drug-likeness (QED) is 0.177. The van der Waals surface area contributed by atoms with E-state index in [2.05, 4.69) is 12.6 Å². The number of hydrogen-bond acceptors (Lipinski definition) is 3. The molecule has 0 spiro atoms. The Bertz CT molecular complexity index is 1230. The number of hydrogen-bond donors (Lipinski definition) is 0. The molecule has 0 aliphatic rings. The molecular formula is C27H22Cl2FNO2. The molecule has 0 amide bonds. The lowest BCUT2D eigenvalue weighted by Gasteiger charge is -2.17. The molecule has 3 nitrogen and oxygen atoms in total. The fourth-order valence-electron chi connectivity index (χ4n) is 3.30. The number of nitrogens with zero attached hydrogens (tertiary/aromatic N) is 1. The SMILES string of the molecule is C=CCc1cc(/C=C(/C#N)c2ccccc2F)cc(OCC)c1OCc1ccc(Cl)c(Cl)c1. The summed E-state index contributed by atoms with van der Waals surface area (Å²) in [6.07, 6.45) is 3.91. The molecule has 3 aromatic rings. The highest BCUT2D eigenvalue weighted by Gasteiger charge is 2.15. The molecule has 0 bridgehead atoms. The van der Waals surface area contributed by atoms with Crippen LogP contribution in [-0.2, 0) is 13.0 Å². The molecule has 0 unspecified atom stereocenters. The van der Waals surface area contributed by atoms with Gasteiger partial charge in [-0.05, 0) is 60.9 Å². The van der Waals surface area contributed by atoms with Crippen LogP contribution in [0.2, 0.25) is 10.0 Å². The molecule has 0 N–H and O–H groups in total. The Morgan fingerprint density at radius 2 is 1.88 bits per heavy atom. The van der Waals surface area contributed by atoms with Crippen molar-refractivity contribution in [2.24, 2.45) is 0 Å². The van der Waals surface area contributed by atoms with Gasteiger partial charge in [-0.1, -0.05) is 53.5 Å². The molecule has 3 rings (SSSR count). The molecule has 0 aliphatic carbocycles. The van der Waals surface area contributed by atoms with Gasteiger partial charge in [0.25, 0.3) is 0 Å². The van der Waals surface area contributed by atoms with Gasteiger partial charge in [-0.2, -0.15) is 5.26 Å². The van der Waals surface area contributed by atoms with Crippen LogP contribution < -0.4 is 9.47 Å². The standard InChI is InChI=1S/C27H22Cl2FNO2/c1-3-7-20-12-19(13-21(16-31)22-8-5-6-9-25(22)30)15-26(32-4-2)27(20)33-17-18-10-11-23(28)24(29)14-18/h3,5-6,8-15H,1,4,7,17H2,2H3/b21-13-. The number of halogens is 3. The van der Waals surface area contributed by atoms with Crippen molar-refractivity contribution in [3.05, 3.63) is 105 Å². The van der Waals surface area contributed by atoms with Gasteiger partial charge in [0.15, 0.2) is 11.5 Å². The zero-order chi connectivity index (χ0) is 23.8. The van der Waals surface area contributed by atoms with Crippen LogP contribution in [-0.4, -0.2) is 6.61 Å². The lowest BCUT2D eigenvalue weighted by atomic mass is 10.0. The van der Waals surface area contributed by atoms with Gasteiger partial charge in [-0.3, -0.25) is 0 Å². The van der Waals surface area contributed by atoms with Crippen LogP contribution >= 0.6 is 23.2 Å². The summed E-state index contributed by atoms with van der Waals surface area (Å²) in [5.74, 6) is 0.640. The van der Waals surface area contributed by atoms with E-state index in [1.807, 2.05) is 19.1 Å². The van der Waals surface area contributed by atoms with Crippen molar-refractivity contribution in [3.8, 4) is 17.6 Å². The first-order chi connectivity index (χ1) is 16.0. The van der Waals surface area contributed by atoms with E-state index in [9.17, 15) is 9.65 Å². The van der Waals surface area contributed by atoms with Gasteiger partial charge in [0.1, 0.15) is 12.4 Å². The maximum absolute atomic E-state index is 14.2. The second kappa shape index (κ2) is 11.6. The zero-order valence-corrected chi connectivity index (χ0v) is 19.6. The van der Waals surface area contributed by atoms with E-state index < -0.39 is 5.82 Å². The molecule has 168 valence electrons. The minimum atomic E-state index is -0.455. The first-order valence-electron chi connectivity index (χ1n) is 10.3. The highest BCUT2D eigenvalue weighted by molar-refractivity contribution is 6.42. The molecule has 0 saturated heterocycles. The summed E-state index contributed by atoms with van der Waals surface area (Å²) < 4.78 is 26.2. The van der Waals surface area contributed by atoms with E-state index in [0.29, 0.717) is 40.1 Å². The number of ether oxygens (including phenoxy) is 2. The smallest absolute Gasteiger partial charge is 0.165 e. The first-order valence-corrected chi connectivity index (χ1v) is 11.1. The number of nitriles is 1. The van der Waals surface area contributed by atoms with Gasteiger partial charge < -0.3 is 9.47 Å². The van der Waals surface area contributed by atoms with Crippen LogP contribution in [0.1, 0.15) is 29.2 Å². The molecule has 3 aromatic carbocycles. The minimum Gasteiger partial charge on any atom is -0.490 e. The second-order valence-corrected chi connectivity index (χ2v) is 7.93. The van der Waals surface area contributed by atoms with Gasteiger partial charge >= 0.3 is 0 Å². The lowest BCUT2D eigenvalue weighted by Crippen LogP contribution is -2.03. The molecule has 0 atom stereocenters. The monoisotopic (exact) mass is 481 g/mol. The minimum absolute atomic E-state index is 0.213. The van der Waals surface area contributed by atoms with Crippen LogP contribution in [0.5, 0.6) is 11.5 Å². The highest BCUT2D eigenvalue weighted by Crippen LogP contribution is 2.36. The van der Waals surface area contributed by atoms with Crippen LogP contribution in [0.15, 0.2) is 67.3 Å².